The lowest BCUT2D eigenvalue weighted by Gasteiger charge is -2.15. The Balaban J connectivity index is 2.33. The Morgan fingerprint density at radius 3 is 1.41 bits per heavy atom. The van der Waals surface area contributed by atoms with Gasteiger partial charge in [-0.25, -0.2) is 8.78 Å². The van der Waals surface area contributed by atoms with E-state index in [1.54, 1.807) is 24.3 Å². The molecule has 2 rings (SSSR count). The van der Waals surface area contributed by atoms with Crippen LogP contribution >= 0.6 is 15.9 Å². The van der Waals surface area contributed by atoms with Gasteiger partial charge in [0.25, 0.3) is 0 Å². The van der Waals surface area contributed by atoms with E-state index in [0.29, 0.717) is 5.33 Å². The zero-order valence-electron chi connectivity index (χ0n) is 9.04. The maximum absolute atomic E-state index is 12.8. The highest BCUT2D eigenvalue weighted by Gasteiger charge is 2.12. The van der Waals surface area contributed by atoms with Crippen molar-refractivity contribution in [3.63, 3.8) is 0 Å². The second kappa shape index (κ2) is 5.41. The lowest BCUT2D eigenvalue weighted by atomic mass is 9.93. The van der Waals surface area contributed by atoms with Crippen molar-refractivity contribution in [2.45, 2.75) is 5.92 Å². The first-order valence-electron chi connectivity index (χ1n) is 5.27. The van der Waals surface area contributed by atoms with Crippen LogP contribution in [0.1, 0.15) is 17.0 Å². The van der Waals surface area contributed by atoms with E-state index in [1.165, 1.54) is 24.3 Å². The summed E-state index contributed by atoms with van der Waals surface area (Å²) in [6.45, 7) is 0. The molecule has 0 saturated carbocycles. The SMILES string of the molecule is Fc1ccc(C(CBr)c2ccc(F)cc2)cc1. The van der Waals surface area contributed by atoms with Gasteiger partial charge in [0.1, 0.15) is 11.6 Å². The van der Waals surface area contributed by atoms with Crippen LogP contribution in [0.4, 0.5) is 8.78 Å². The fourth-order valence-electron chi connectivity index (χ4n) is 1.76. The van der Waals surface area contributed by atoms with E-state index in [0.717, 1.165) is 11.1 Å². The van der Waals surface area contributed by atoms with Crippen LogP contribution in [0.2, 0.25) is 0 Å². The van der Waals surface area contributed by atoms with Gasteiger partial charge in [-0.05, 0) is 35.4 Å². The zero-order valence-corrected chi connectivity index (χ0v) is 10.6. The minimum atomic E-state index is -0.249. The minimum Gasteiger partial charge on any atom is -0.207 e. The molecule has 0 aromatic heterocycles. The largest absolute Gasteiger partial charge is 0.207 e. The third-order valence-electron chi connectivity index (χ3n) is 2.70. The van der Waals surface area contributed by atoms with Gasteiger partial charge in [-0.1, -0.05) is 40.2 Å². The Morgan fingerprint density at radius 1 is 0.765 bits per heavy atom. The summed E-state index contributed by atoms with van der Waals surface area (Å²) in [6.07, 6.45) is 0. The van der Waals surface area contributed by atoms with Gasteiger partial charge in [0.05, 0.1) is 0 Å². The summed E-state index contributed by atoms with van der Waals surface area (Å²) in [7, 11) is 0. The van der Waals surface area contributed by atoms with Crippen LogP contribution in [-0.2, 0) is 0 Å². The van der Waals surface area contributed by atoms with Crippen LogP contribution in [0.15, 0.2) is 48.5 Å². The van der Waals surface area contributed by atoms with Gasteiger partial charge < -0.3 is 0 Å². The molecule has 2 aromatic carbocycles. The lowest BCUT2D eigenvalue weighted by molar-refractivity contribution is 0.625. The van der Waals surface area contributed by atoms with Crippen molar-refractivity contribution in [1.82, 2.24) is 0 Å². The molecule has 0 nitrogen and oxygen atoms in total. The molecule has 17 heavy (non-hydrogen) atoms. The molecule has 0 aliphatic carbocycles. The van der Waals surface area contributed by atoms with Crippen LogP contribution in [-0.4, -0.2) is 5.33 Å². The predicted molar refractivity (Wildman–Crippen MR) is 68.4 cm³/mol. The summed E-state index contributed by atoms with van der Waals surface area (Å²) in [5, 5.41) is 0.713. The summed E-state index contributed by atoms with van der Waals surface area (Å²) in [5.74, 6) is -0.390. The van der Waals surface area contributed by atoms with Crippen molar-refractivity contribution in [1.29, 1.82) is 0 Å². The van der Waals surface area contributed by atoms with Gasteiger partial charge in [0.15, 0.2) is 0 Å². The Hall–Kier alpha value is -1.22. The highest BCUT2D eigenvalue weighted by atomic mass is 79.9. The van der Waals surface area contributed by atoms with Crippen molar-refractivity contribution < 1.29 is 8.78 Å². The molecule has 0 aliphatic rings. The van der Waals surface area contributed by atoms with Crippen LogP contribution < -0.4 is 0 Å². The topological polar surface area (TPSA) is 0 Å². The van der Waals surface area contributed by atoms with Crippen molar-refractivity contribution in [2.75, 3.05) is 5.33 Å². The Kier molecular flexibility index (Phi) is 3.89. The third-order valence-corrected chi connectivity index (χ3v) is 3.35. The molecule has 88 valence electrons. The van der Waals surface area contributed by atoms with E-state index in [1.807, 2.05) is 0 Å². The summed E-state index contributed by atoms with van der Waals surface area (Å²) < 4.78 is 25.7. The normalized spacial score (nSPS) is 10.8. The van der Waals surface area contributed by atoms with Gasteiger partial charge in [0, 0.05) is 11.2 Å². The second-order valence-electron chi connectivity index (χ2n) is 3.81. The summed E-state index contributed by atoms with van der Waals surface area (Å²) >= 11 is 3.44. The molecule has 0 aliphatic heterocycles. The van der Waals surface area contributed by atoms with E-state index in [9.17, 15) is 8.78 Å². The van der Waals surface area contributed by atoms with E-state index >= 15 is 0 Å². The summed E-state index contributed by atoms with van der Waals surface area (Å²) in [4.78, 5) is 0. The first-order chi connectivity index (χ1) is 8.20. The Bertz CT molecular complexity index is 431. The average Bonchev–Trinajstić information content (AvgIpc) is 2.35. The molecule has 0 spiro atoms. The molecule has 0 amide bonds. The first kappa shape index (κ1) is 12.2. The van der Waals surface area contributed by atoms with Crippen molar-refractivity contribution in [3.05, 3.63) is 71.3 Å². The second-order valence-corrected chi connectivity index (χ2v) is 4.46. The molecule has 2 aromatic rings. The van der Waals surface area contributed by atoms with Crippen LogP contribution in [0, 0.1) is 11.6 Å². The molecule has 0 bridgehead atoms. The number of hydrogen-bond acceptors (Lipinski definition) is 0. The van der Waals surface area contributed by atoms with Crippen molar-refractivity contribution in [3.8, 4) is 0 Å². The molecule has 3 heteroatoms. The Labute approximate surface area is 107 Å². The van der Waals surface area contributed by atoms with E-state index in [4.69, 9.17) is 0 Å². The van der Waals surface area contributed by atoms with Crippen LogP contribution in [0.3, 0.4) is 0 Å². The molecule has 0 N–H and O–H groups in total. The van der Waals surface area contributed by atoms with Gasteiger partial charge in [0.2, 0.25) is 0 Å². The van der Waals surface area contributed by atoms with Gasteiger partial charge in [-0.2, -0.15) is 0 Å². The van der Waals surface area contributed by atoms with E-state index in [-0.39, 0.29) is 17.6 Å². The van der Waals surface area contributed by atoms with Gasteiger partial charge >= 0.3 is 0 Å². The Morgan fingerprint density at radius 2 is 1.12 bits per heavy atom. The quantitative estimate of drug-likeness (QED) is 0.732. The van der Waals surface area contributed by atoms with Crippen molar-refractivity contribution in [2.24, 2.45) is 0 Å². The molecular weight excluding hydrogens is 286 g/mol. The molecular formula is C14H11BrF2. The van der Waals surface area contributed by atoms with E-state index in [2.05, 4.69) is 15.9 Å². The van der Waals surface area contributed by atoms with Crippen LogP contribution in [0.5, 0.6) is 0 Å². The number of benzene rings is 2. The number of rotatable bonds is 3. The molecule has 0 fully saturated rings. The van der Waals surface area contributed by atoms with Gasteiger partial charge in [-0.15, -0.1) is 0 Å². The average molecular weight is 297 g/mol. The maximum Gasteiger partial charge on any atom is 0.123 e. The highest BCUT2D eigenvalue weighted by Crippen LogP contribution is 2.26. The molecule has 0 atom stereocenters. The number of halogens is 3. The highest BCUT2D eigenvalue weighted by molar-refractivity contribution is 9.09. The third kappa shape index (κ3) is 2.91. The molecule has 0 heterocycles. The van der Waals surface area contributed by atoms with Gasteiger partial charge in [-0.3, -0.25) is 0 Å². The maximum atomic E-state index is 12.8. The molecule has 0 unspecified atom stereocenters. The molecule has 0 radical (unpaired) electrons. The summed E-state index contributed by atoms with van der Waals surface area (Å²) in [6, 6.07) is 12.8. The smallest absolute Gasteiger partial charge is 0.123 e. The fraction of sp³-hybridized carbons (Fsp3) is 0.143. The first-order valence-corrected chi connectivity index (χ1v) is 6.40. The number of alkyl halides is 1. The lowest BCUT2D eigenvalue weighted by Crippen LogP contribution is -2.02. The zero-order chi connectivity index (χ0) is 12.3. The fourth-order valence-corrected chi connectivity index (χ4v) is 2.51. The standard InChI is InChI=1S/C14H11BrF2/c15-9-14(10-1-5-12(16)6-2-10)11-3-7-13(17)8-4-11/h1-8,14H,9H2. The van der Waals surface area contributed by atoms with E-state index < -0.39 is 0 Å². The molecule has 0 saturated heterocycles. The van der Waals surface area contributed by atoms with Crippen molar-refractivity contribution >= 4 is 15.9 Å². The predicted octanol–water partition coefficient (Wildman–Crippen LogP) is 4.49. The monoisotopic (exact) mass is 296 g/mol. The summed E-state index contributed by atoms with van der Waals surface area (Å²) in [5.41, 5.74) is 2.02. The number of hydrogen-bond donors (Lipinski definition) is 0. The minimum absolute atomic E-state index is 0.108. The van der Waals surface area contributed by atoms with Crippen LogP contribution in [0.25, 0.3) is 0 Å².